The van der Waals surface area contributed by atoms with Gasteiger partial charge in [-0.15, -0.1) is 0 Å². The molecule has 1 aromatic carbocycles. The van der Waals surface area contributed by atoms with Gasteiger partial charge >= 0.3 is 0 Å². The number of halogens is 1. The molecule has 9 heteroatoms. The Bertz CT molecular complexity index is 1600. The minimum Gasteiger partial charge on any atom is -0.364 e. The van der Waals surface area contributed by atoms with Crippen LogP contribution in [0.3, 0.4) is 0 Å². The molecule has 4 aromatic rings. The van der Waals surface area contributed by atoms with Crippen LogP contribution in [0.25, 0.3) is 5.52 Å². The van der Waals surface area contributed by atoms with Crippen LogP contribution in [0.4, 0.5) is 11.6 Å². The van der Waals surface area contributed by atoms with Gasteiger partial charge < -0.3 is 10.6 Å². The molecule has 2 atom stereocenters. The van der Waals surface area contributed by atoms with E-state index in [9.17, 15) is 10.1 Å². The molecule has 6 rings (SSSR count). The van der Waals surface area contributed by atoms with Crippen molar-refractivity contribution in [3.05, 3.63) is 82.4 Å². The van der Waals surface area contributed by atoms with Gasteiger partial charge in [-0.05, 0) is 86.4 Å². The molecular weight excluding hydrogens is 510 g/mol. The SMILES string of the molecule is CC(C)(C#N)Cc1cc(C2CC2)cc2cc(CNc3cc(NC(=O)[C@H]4CC4c4cccc(Cl)c4)ncn3)nn12. The van der Waals surface area contributed by atoms with Crippen molar-refractivity contribution in [3.63, 3.8) is 0 Å². The van der Waals surface area contributed by atoms with E-state index in [0.29, 0.717) is 35.5 Å². The number of anilines is 2. The highest BCUT2D eigenvalue weighted by Gasteiger charge is 2.44. The Balaban J connectivity index is 1.13. The number of carbonyl (C=O) groups is 1. The average Bonchev–Trinajstić information content (AvgIpc) is 3.84. The number of carbonyl (C=O) groups excluding carboxylic acids is 1. The van der Waals surface area contributed by atoms with Gasteiger partial charge in [-0.1, -0.05) is 23.7 Å². The van der Waals surface area contributed by atoms with Crippen LogP contribution < -0.4 is 10.6 Å². The third-order valence-corrected chi connectivity index (χ3v) is 7.69. The second-order valence-electron chi connectivity index (χ2n) is 11.3. The molecule has 0 spiro atoms. The zero-order chi connectivity index (χ0) is 27.1. The fourth-order valence-electron chi connectivity index (χ4n) is 5.12. The highest BCUT2D eigenvalue weighted by molar-refractivity contribution is 6.30. The maximum Gasteiger partial charge on any atom is 0.229 e. The Morgan fingerprint density at radius 1 is 1.13 bits per heavy atom. The van der Waals surface area contributed by atoms with Gasteiger partial charge in [0.1, 0.15) is 18.0 Å². The summed E-state index contributed by atoms with van der Waals surface area (Å²) in [5, 5.41) is 21.3. The second kappa shape index (κ2) is 9.97. The maximum atomic E-state index is 12.8. The largest absolute Gasteiger partial charge is 0.364 e. The average molecular weight is 540 g/mol. The van der Waals surface area contributed by atoms with Crippen LogP contribution in [0.15, 0.2) is 54.9 Å². The van der Waals surface area contributed by atoms with Crippen LogP contribution in [0, 0.1) is 22.7 Å². The first-order chi connectivity index (χ1) is 18.8. The number of nitrogens with zero attached hydrogens (tertiary/aromatic N) is 5. The number of hydrogen-bond donors (Lipinski definition) is 2. The second-order valence-corrected chi connectivity index (χ2v) is 11.8. The Hall–Kier alpha value is -3.96. The van der Waals surface area contributed by atoms with Crippen LogP contribution >= 0.6 is 11.6 Å². The van der Waals surface area contributed by atoms with Gasteiger partial charge in [0, 0.05) is 29.1 Å². The number of hydrogen-bond acceptors (Lipinski definition) is 6. The van der Waals surface area contributed by atoms with E-state index in [1.807, 2.05) is 42.6 Å². The van der Waals surface area contributed by atoms with Crippen molar-refractivity contribution in [2.45, 2.75) is 57.9 Å². The molecule has 0 saturated heterocycles. The van der Waals surface area contributed by atoms with E-state index in [1.54, 1.807) is 6.07 Å². The normalized spacial score (nSPS) is 18.5. The Morgan fingerprint density at radius 3 is 2.72 bits per heavy atom. The van der Waals surface area contributed by atoms with Gasteiger partial charge in [0.05, 0.1) is 29.2 Å². The molecule has 39 heavy (non-hydrogen) atoms. The summed E-state index contributed by atoms with van der Waals surface area (Å²) in [6, 6.07) is 18.3. The fourth-order valence-corrected chi connectivity index (χ4v) is 5.31. The van der Waals surface area contributed by atoms with Gasteiger partial charge in [0.2, 0.25) is 5.91 Å². The summed E-state index contributed by atoms with van der Waals surface area (Å²) in [7, 11) is 0. The van der Waals surface area contributed by atoms with Gasteiger partial charge in [-0.2, -0.15) is 10.4 Å². The molecule has 0 radical (unpaired) electrons. The van der Waals surface area contributed by atoms with Crippen molar-refractivity contribution in [2.24, 2.45) is 11.3 Å². The Morgan fingerprint density at radius 2 is 1.95 bits per heavy atom. The van der Waals surface area contributed by atoms with Crippen LogP contribution in [0.5, 0.6) is 0 Å². The zero-order valence-electron chi connectivity index (χ0n) is 22.0. The zero-order valence-corrected chi connectivity index (χ0v) is 22.7. The van der Waals surface area contributed by atoms with Crippen molar-refractivity contribution in [3.8, 4) is 6.07 Å². The summed E-state index contributed by atoms with van der Waals surface area (Å²) in [6.45, 7) is 4.38. The molecule has 1 unspecified atom stereocenters. The molecule has 198 valence electrons. The Kier molecular flexibility index (Phi) is 6.48. The van der Waals surface area contributed by atoms with E-state index in [-0.39, 0.29) is 17.7 Å². The first-order valence-corrected chi connectivity index (χ1v) is 13.7. The minimum absolute atomic E-state index is 0.0516. The van der Waals surface area contributed by atoms with Gasteiger partial charge in [0.15, 0.2) is 0 Å². The molecule has 3 aromatic heterocycles. The summed E-state index contributed by atoms with van der Waals surface area (Å²) in [5.74, 6) is 1.71. The molecule has 2 fully saturated rings. The summed E-state index contributed by atoms with van der Waals surface area (Å²) < 4.78 is 1.96. The summed E-state index contributed by atoms with van der Waals surface area (Å²) in [5.41, 5.74) is 4.89. The van der Waals surface area contributed by atoms with Crippen LogP contribution in [0.1, 0.15) is 67.5 Å². The van der Waals surface area contributed by atoms with Crippen molar-refractivity contribution in [1.29, 1.82) is 5.26 Å². The van der Waals surface area contributed by atoms with Crippen LogP contribution in [-0.4, -0.2) is 25.5 Å². The number of aromatic nitrogens is 4. The van der Waals surface area contributed by atoms with E-state index < -0.39 is 5.41 Å². The van der Waals surface area contributed by atoms with E-state index in [1.165, 1.54) is 24.7 Å². The molecule has 1 amide bonds. The highest BCUT2D eigenvalue weighted by atomic mass is 35.5. The standard InChI is InChI=1S/C30H30ClN7O/c1-30(2,16-32)14-24-10-20(18-6-7-18)9-23-11-22(37-38(23)24)15-33-27-13-28(35-17-34-27)36-29(39)26-12-25(26)19-4-3-5-21(31)8-19/h3-5,8-11,13,17-18,25-26H,6-7,12,14-15H2,1-2H3,(H2,33,34,35,36,39)/t25?,26-/m0/s1. The first-order valence-electron chi connectivity index (χ1n) is 13.3. The lowest BCUT2D eigenvalue weighted by Crippen LogP contribution is -2.16. The lowest BCUT2D eigenvalue weighted by Gasteiger charge is -2.17. The van der Waals surface area contributed by atoms with E-state index in [4.69, 9.17) is 16.7 Å². The van der Waals surface area contributed by atoms with E-state index in [2.05, 4.69) is 44.9 Å². The van der Waals surface area contributed by atoms with Crippen LogP contribution in [0.2, 0.25) is 5.02 Å². The first kappa shape index (κ1) is 25.3. The topological polar surface area (TPSA) is 108 Å². The quantitative estimate of drug-likeness (QED) is 0.266. The molecule has 2 N–H and O–H groups in total. The third-order valence-electron chi connectivity index (χ3n) is 7.45. The maximum absolute atomic E-state index is 12.8. The van der Waals surface area contributed by atoms with E-state index >= 15 is 0 Å². The van der Waals surface area contributed by atoms with Gasteiger partial charge in [-0.25, -0.2) is 14.5 Å². The van der Waals surface area contributed by atoms with E-state index in [0.717, 1.165) is 28.9 Å². The predicted octanol–water partition coefficient (Wildman–Crippen LogP) is 6.10. The van der Waals surface area contributed by atoms with Gasteiger partial charge in [-0.3, -0.25) is 4.79 Å². The van der Waals surface area contributed by atoms with Crippen molar-refractivity contribution >= 4 is 34.7 Å². The molecule has 0 bridgehead atoms. The monoisotopic (exact) mass is 539 g/mol. The number of pyridine rings is 1. The summed E-state index contributed by atoms with van der Waals surface area (Å²) in [4.78, 5) is 21.3. The molecular formula is C30H30ClN7O. The van der Waals surface area contributed by atoms with Crippen LogP contribution in [-0.2, 0) is 17.8 Å². The lowest BCUT2D eigenvalue weighted by molar-refractivity contribution is -0.117. The third kappa shape index (κ3) is 5.74. The highest BCUT2D eigenvalue weighted by Crippen LogP contribution is 2.48. The number of benzene rings is 1. The fraction of sp³-hybridized carbons (Fsp3) is 0.367. The lowest BCUT2D eigenvalue weighted by atomic mass is 9.89. The predicted molar refractivity (Wildman–Crippen MR) is 151 cm³/mol. The summed E-state index contributed by atoms with van der Waals surface area (Å²) >= 11 is 6.11. The van der Waals surface area contributed by atoms with Crippen molar-refractivity contribution < 1.29 is 4.79 Å². The number of fused-ring (bicyclic) bond motifs is 1. The summed E-state index contributed by atoms with van der Waals surface area (Å²) in [6.07, 6.45) is 5.30. The number of nitriles is 1. The molecule has 2 saturated carbocycles. The van der Waals surface area contributed by atoms with Gasteiger partial charge in [0.25, 0.3) is 0 Å². The molecule has 2 aliphatic rings. The Labute approximate surface area is 232 Å². The van der Waals surface area contributed by atoms with Crippen molar-refractivity contribution in [2.75, 3.05) is 10.6 Å². The molecule has 8 nitrogen and oxygen atoms in total. The molecule has 2 aliphatic carbocycles. The number of amides is 1. The van der Waals surface area contributed by atoms with Crippen molar-refractivity contribution in [1.82, 2.24) is 19.6 Å². The molecule has 3 heterocycles. The number of rotatable bonds is 9. The number of nitrogens with one attached hydrogen (secondary N) is 2. The smallest absolute Gasteiger partial charge is 0.229 e. The molecule has 0 aliphatic heterocycles. The minimum atomic E-state index is -0.476.